The molecule has 1 atom stereocenters. The molecule has 122 valence electrons. The largest absolute Gasteiger partial charge is 0.366 e. The molecule has 2 rings (SSSR count). The van der Waals surface area contributed by atoms with Gasteiger partial charge in [0.15, 0.2) is 11.6 Å². The molecule has 2 amide bonds. The molecule has 0 spiro atoms. The van der Waals surface area contributed by atoms with Gasteiger partial charge in [0.25, 0.3) is 5.91 Å². The van der Waals surface area contributed by atoms with Crippen molar-refractivity contribution < 1.29 is 18.4 Å². The maximum absolute atomic E-state index is 13.2. The molecule has 0 radical (unpaired) electrons. The number of hydrogen-bond acceptors (Lipinski definition) is 4. The number of halogens is 2. The molecule has 0 aliphatic heterocycles. The van der Waals surface area contributed by atoms with Crippen molar-refractivity contribution in [2.75, 3.05) is 11.9 Å². The Hall–Kier alpha value is -2.32. The fourth-order valence-corrected chi connectivity index (χ4v) is 2.72. The molecule has 1 heterocycles. The topological polar surface area (TPSA) is 84.2 Å². The summed E-state index contributed by atoms with van der Waals surface area (Å²) in [4.78, 5) is 23.1. The van der Waals surface area contributed by atoms with Crippen LogP contribution in [0.4, 0.5) is 13.8 Å². The minimum atomic E-state index is -0.940. The van der Waals surface area contributed by atoms with E-state index in [1.54, 1.807) is 12.3 Å². The van der Waals surface area contributed by atoms with Gasteiger partial charge in [-0.2, -0.15) is 0 Å². The van der Waals surface area contributed by atoms with Gasteiger partial charge in [-0.3, -0.25) is 9.59 Å². The van der Waals surface area contributed by atoms with Crippen LogP contribution in [0.15, 0.2) is 29.6 Å². The number of amides is 2. The number of nitrogens with two attached hydrogens (primary N) is 1. The summed E-state index contributed by atoms with van der Waals surface area (Å²) < 4.78 is 26.1. The molecule has 5 nitrogen and oxygen atoms in total. The Bertz CT molecular complexity index is 733. The lowest BCUT2D eigenvalue weighted by molar-refractivity contribution is -0.115. The number of thiophene rings is 1. The average molecular weight is 339 g/mol. The molecule has 0 aliphatic carbocycles. The van der Waals surface area contributed by atoms with E-state index in [1.165, 1.54) is 23.5 Å². The van der Waals surface area contributed by atoms with Crippen molar-refractivity contribution >= 4 is 28.2 Å². The number of nitrogens with one attached hydrogen (secondary N) is 2. The number of carbonyl (C=O) groups is 2. The van der Waals surface area contributed by atoms with Gasteiger partial charge < -0.3 is 16.4 Å². The molecule has 0 aliphatic rings. The van der Waals surface area contributed by atoms with Crippen LogP contribution in [0.5, 0.6) is 0 Å². The number of rotatable bonds is 6. The first kappa shape index (κ1) is 17.0. The van der Waals surface area contributed by atoms with Crippen molar-refractivity contribution in [1.82, 2.24) is 5.32 Å². The smallest absolute Gasteiger partial charge is 0.251 e. The molecule has 8 heteroatoms. The number of anilines is 1. The van der Waals surface area contributed by atoms with E-state index in [4.69, 9.17) is 5.73 Å². The fraction of sp³-hybridized carbons (Fsp3) is 0.200. The summed E-state index contributed by atoms with van der Waals surface area (Å²) in [5, 5.41) is 7.50. The first-order chi connectivity index (χ1) is 10.9. The second-order valence-corrected chi connectivity index (χ2v) is 5.77. The monoisotopic (exact) mass is 339 g/mol. The maximum atomic E-state index is 13.2. The third-order valence-corrected chi connectivity index (χ3v) is 4.03. The van der Waals surface area contributed by atoms with Crippen LogP contribution in [0.2, 0.25) is 0 Å². The predicted molar refractivity (Wildman–Crippen MR) is 84.2 cm³/mol. The highest BCUT2D eigenvalue weighted by Gasteiger charge is 2.14. The van der Waals surface area contributed by atoms with Gasteiger partial charge >= 0.3 is 0 Å². The maximum Gasteiger partial charge on any atom is 0.251 e. The molecule has 2 aromatic rings. The van der Waals surface area contributed by atoms with Gasteiger partial charge in [0.1, 0.15) is 5.00 Å². The summed E-state index contributed by atoms with van der Waals surface area (Å²) in [5.74, 6) is -2.85. The Morgan fingerprint density at radius 2 is 2.00 bits per heavy atom. The van der Waals surface area contributed by atoms with Crippen molar-refractivity contribution in [2.45, 2.75) is 13.0 Å². The van der Waals surface area contributed by atoms with Gasteiger partial charge in [0.2, 0.25) is 5.91 Å². The van der Waals surface area contributed by atoms with E-state index in [0.29, 0.717) is 10.6 Å². The molecular weight excluding hydrogens is 324 g/mol. The Morgan fingerprint density at radius 1 is 1.26 bits per heavy atom. The Morgan fingerprint density at radius 3 is 2.65 bits per heavy atom. The highest BCUT2D eigenvalue weighted by atomic mass is 32.1. The number of benzene rings is 1. The third kappa shape index (κ3) is 4.33. The summed E-state index contributed by atoms with van der Waals surface area (Å²) in [5.41, 5.74) is 5.96. The molecule has 4 N–H and O–H groups in total. The summed E-state index contributed by atoms with van der Waals surface area (Å²) in [6.45, 7) is 1.66. The molecule has 0 fully saturated rings. The molecule has 1 aromatic heterocycles. The zero-order valence-electron chi connectivity index (χ0n) is 12.2. The minimum absolute atomic E-state index is 0.0593. The van der Waals surface area contributed by atoms with E-state index in [0.717, 1.165) is 12.1 Å². The molecule has 1 aromatic carbocycles. The van der Waals surface area contributed by atoms with E-state index < -0.39 is 17.5 Å². The first-order valence-corrected chi connectivity index (χ1v) is 7.62. The summed E-state index contributed by atoms with van der Waals surface area (Å²) in [7, 11) is 0. The second-order valence-electron chi connectivity index (χ2n) is 4.85. The van der Waals surface area contributed by atoms with Crippen molar-refractivity contribution in [2.24, 2.45) is 5.73 Å². The SMILES string of the molecule is C[C@@H](NCC(=O)Nc1sccc1C(N)=O)c1ccc(F)c(F)c1. The molecule has 0 saturated carbocycles. The lowest BCUT2D eigenvalue weighted by Gasteiger charge is -2.14. The van der Waals surface area contributed by atoms with E-state index in [-0.39, 0.29) is 24.1 Å². The van der Waals surface area contributed by atoms with Crippen molar-refractivity contribution in [1.29, 1.82) is 0 Å². The van der Waals surface area contributed by atoms with Gasteiger partial charge in [-0.25, -0.2) is 8.78 Å². The van der Waals surface area contributed by atoms with E-state index in [9.17, 15) is 18.4 Å². The van der Waals surface area contributed by atoms with Crippen LogP contribution < -0.4 is 16.4 Å². The van der Waals surface area contributed by atoms with Crippen molar-refractivity contribution in [3.63, 3.8) is 0 Å². The fourth-order valence-electron chi connectivity index (χ4n) is 1.92. The minimum Gasteiger partial charge on any atom is -0.366 e. The molecule has 23 heavy (non-hydrogen) atoms. The van der Waals surface area contributed by atoms with Gasteiger partial charge in [-0.15, -0.1) is 11.3 Å². The number of carbonyl (C=O) groups excluding carboxylic acids is 2. The van der Waals surface area contributed by atoms with Crippen LogP contribution in [-0.2, 0) is 4.79 Å². The molecular formula is C15H15F2N3O2S. The van der Waals surface area contributed by atoms with Crippen LogP contribution in [0, 0.1) is 11.6 Å². The Kier molecular flexibility index (Phi) is 5.41. The zero-order chi connectivity index (χ0) is 17.0. The van der Waals surface area contributed by atoms with Gasteiger partial charge in [-0.1, -0.05) is 6.07 Å². The zero-order valence-corrected chi connectivity index (χ0v) is 13.0. The summed E-state index contributed by atoms with van der Waals surface area (Å²) in [6.07, 6.45) is 0. The Labute approximate surface area is 135 Å². The lowest BCUT2D eigenvalue weighted by Crippen LogP contribution is -2.30. The highest BCUT2D eigenvalue weighted by molar-refractivity contribution is 7.14. The quantitative estimate of drug-likeness (QED) is 0.756. The average Bonchev–Trinajstić information content (AvgIpc) is 2.96. The summed E-state index contributed by atoms with van der Waals surface area (Å²) in [6, 6.07) is 4.73. The van der Waals surface area contributed by atoms with Crippen LogP contribution in [0.25, 0.3) is 0 Å². The third-order valence-electron chi connectivity index (χ3n) is 3.20. The normalized spacial score (nSPS) is 12.0. The molecule has 0 unspecified atom stereocenters. The van der Waals surface area contributed by atoms with Gasteiger partial charge in [0, 0.05) is 6.04 Å². The molecule has 0 saturated heterocycles. The molecule has 0 bridgehead atoms. The standard InChI is InChI=1S/C15H15F2N3O2S/c1-8(9-2-3-11(16)12(17)6-9)19-7-13(21)20-15-10(14(18)22)4-5-23-15/h2-6,8,19H,7H2,1H3,(H2,18,22)(H,20,21)/t8-/m1/s1. The van der Waals surface area contributed by atoms with E-state index in [2.05, 4.69) is 10.6 Å². The van der Waals surface area contributed by atoms with Crippen LogP contribution in [-0.4, -0.2) is 18.4 Å². The Balaban J connectivity index is 1.92. The van der Waals surface area contributed by atoms with Crippen LogP contribution in [0.3, 0.4) is 0 Å². The van der Waals surface area contributed by atoms with Gasteiger partial charge in [-0.05, 0) is 36.1 Å². The highest BCUT2D eigenvalue weighted by Crippen LogP contribution is 2.22. The van der Waals surface area contributed by atoms with Crippen molar-refractivity contribution in [3.8, 4) is 0 Å². The predicted octanol–water partition coefficient (Wildman–Crippen LogP) is 2.41. The number of primary amides is 1. The van der Waals surface area contributed by atoms with Gasteiger partial charge in [0.05, 0.1) is 12.1 Å². The van der Waals surface area contributed by atoms with Crippen LogP contribution >= 0.6 is 11.3 Å². The second kappa shape index (κ2) is 7.30. The van der Waals surface area contributed by atoms with E-state index >= 15 is 0 Å². The number of hydrogen-bond donors (Lipinski definition) is 3. The summed E-state index contributed by atoms with van der Waals surface area (Å²) >= 11 is 1.19. The van der Waals surface area contributed by atoms with Crippen LogP contribution in [0.1, 0.15) is 28.9 Å². The van der Waals surface area contributed by atoms with Crippen molar-refractivity contribution in [3.05, 3.63) is 52.4 Å². The van der Waals surface area contributed by atoms with E-state index in [1.807, 2.05) is 0 Å². The first-order valence-electron chi connectivity index (χ1n) is 6.74. The lowest BCUT2D eigenvalue weighted by atomic mass is 10.1.